The predicted molar refractivity (Wildman–Crippen MR) is 83.0 cm³/mol. The maximum atomic E-state index is 12.0. The van der Waals surface area contributed by atoms with Crippen LogP contribution in [0.5, 0.6) is 0 Å². The van der Waals surface area contributed by atoms with Crippen LogP contribution in [0.2, 0.25) is 0 Å². The highest BCUT2D eigenvalue weighted by atomic mass is 32.2. The Morgan fingerprint density at radius 3 is 2.25 bits per heavy atom. The van der Waals surface area contributed by atoms with E-state index in [1.54, 1.807) is 11.8 Å². The number of thioether (sulfide) groups is 1. The molecule has 0 atom stereocenters. The summed E-state index contributed by atoms with van der Waals surface area (Å²) >= 11 is 1.54. The number of carboxylic acids is 1. The minimum Gasteiger partial charge on any atom is -0.480 e. The van der Waals surface area contributed by atoms with Crippen molar-refractivity contribution >= 4 is 23.6 Å². The number of carboxylic acid groups (broad SMARTS) is 1. The molecule has 0 unspecified atom stereocenters. The minimum atomic E-state index is -1.04. The molecule has 0 saturated heterocycles. The van der Waals surface area contributed by atoms with Crippen LogP contribution in [0.3, 0.4) is 0 Å². The summed E-state index contributed by atoms with van der Waals surface area (Å²) in [6.07, 6.45) is 3.95. The predicted octanol–water partition coefficient (Wildman–Crippen LogP) is 3.06. The second kappa shape index (κ2) is 6.83. The fourth-order valence-electron chi connectivity index (χ4n) is 2.56. The molecule has 0 aliphatic heterocycles. The second-order valence-electron chi connectivity index (χ2n) is 6.69. The summed E-state index contributed by atoms with van der Waals surface area (Å²) in [5.41, 5.74) is -1.04. The van der Waals surface area contributed by atoms with Gasteiger partial charge in [-0.3, -0.25) is 4.79 Å². The highest BCUT2D eigenvalue weighted by Crippen LogP contribution is 2.34. The van der Waals surface area contributed by atoms with Crippen molar-refractivity contribution in [3.8, 4) is 0 Å². The van der Waals surface area contributed by atoms with Crippen molar-refractivity contribution in [1.29, 1.82) is 0 Å². The first-order valence-corrected chi connectivity index (χ1v) is 8.35. The largest absolute Gasteiger partial charge is 0.480 e. The van der Waals surface area contributed by atoms with E-state index < -0.39 is 11.5 Å². The Morgan fingerprint density at radius 2 is 1.85 bits per heavy atom. The number of carbonyl (C=O) groups excluding carboxylic acids is 1. The molecule has 4 nitrogen and oxygen atoms in total. The van der Waals surface area contributed by atoms with Crippen LogP contribution in [0.25, 0.3) is 0 Å². The third-order valence-corrected chi connectivity index (χ3v) is 5.23. The summed E-state index contributed by atoms with van der Waals surface area (Å²) in [6, 6.07) is 0. The van der Waals surface area contributed by atoms with E-state index in [1.807, 2.05) is 20.8 Å². The van der Waals surface area contributed by atoms with Gasteiger partial charge in [0, 0.05) is 4.75 Å². The zero-order valence-electron chi connectivity index (χ0n) is 13.0. The third kappa shape index (κ3) is 5.00. The van der Waals surface area contributed by atoms with Gasteiger partial charge >= 0.3 is 5.97 Å². The molecule has 0 heterocycles. The van der Waals surface area contributed by atoms with Crippen LogP contribution in [-0.2, 0) is 9.59 Å². The maximum Gasteiger partial charge on any atom is 0.329 e. The van der Waals surface area contributed by atoms with Crippen LogP contribution in [0.4, 0.5) is 0 Å². The Labute approximate surface area is 126 Å². The lowest BCUT2D eigenvalue weighted by Crippen LogP contribution is -2.56. The Balaban J connectivity index is 2.60. The van der Waals surface area contributed by atoms with Crippen molar-refractivity contribution in [2.45, 2.75) is 70.1 Å². The lowest BCUT2D eigenvalue weighted by molar-refractivity contribution is -0.149. The van der Waals surface area contributed by atoms with Crippen molar-refractivity contribution in [1.82, 2.24) is 5.32 Å². The third-order valence-electron chi connectivity index (χ3n) is 3.96. The fraction of sp³-hybridized carbons (Fsp3) is 0.867. The van der Waals surface area contributed by atoms with Gasteiger partial charge in [0.05, 0.1) is 5.75 Å². The van der Waals surface area contributed by atoms with Crippen molar-refractivity contribution in [2.24, 2.45) is 5.92 Å². The van der Waals surface area contributed by atoms with E-state index in [9.17, 15) is 14.7 Å². The van der Waals surface area contributed by atoms with Gasteiger partial charge in [-0.1, -0.05) is 34.1 Å². The highest BCUT2D eigenvalue weighted by Gasteiger charge is 2.42. The summed E-state index contributed by atoms with van der Waals surface area (Å²) in [5.74, 6) is -0.137. The van der Waals surface area contributed by atoms with Gasteiger partial charge in [0.2, 0.25) is 5.91 Å². The standard InChI is InChI=1S/C15H27NO3S/c1-5-11-6-8-15(9-7-11,13(18)19)16-12(17)10-20-14(2,3)4/h11H,5-10H2,1-4H3,(H,16,17)(H,18,19). The molecule has 1 aliphatic carbocycles. The van der Waals surface area contributed by atoms with Gasteiger partial charge in [-0.25, -0.2) is 4.79 Å². The van der Waals surface area contributed by atoms with E-state index in [-0.39, 0.29) is 10.7 Å². The van der Waals surface area contributed by atoms with E-state index >= 15 is 0 Å². The number of rotatable bonds is 5. The molecule has 1 amide bonds. The SMILES string of the molecule is CCC1CCC(NC(=O)CSC(C)(C)C)(C(=O)O)CC1. The first kappa shape index (κ1) is 17.3. The van der Waals surface area contributed by atoms with Crippen LogP contribution in [0.15, 0.2) is 0 Å². The zero-order valence-corrected chi connectivity index (χ0v) is 13.8. The summed E-state index contributed by atoms with van der Waals surface area (Å²) in [7, 11) is 0. The van der Waals surface area contributed by atoms with Gasteiger partial charge < -0.3 is 10.4 Å². The molecule has 0 spiro atoms. The number of carbonyl (C=O) groups is 2. The van der Waals surface area contributed by atoms with Crippen LogP contribution in [-0.4, -0.2) is 33.0 Å². The number of nitrogens with one attached hydrogen (secondary N) is 1. The average molecular weight is 301 g/mol. The molecule has 1 aliphatic rings. The maximum absolute atomic E-state index is 12.0. The number of hydrogen-bond donors (Lipinski definition) is 2. The summed E-state index contributed by atoms with van der Waals surface area (Å²) < 4.78 is 0.00754. The van der Waals surface area contributed by atoms with Crippen LogP contribution < -0.4 is 5.32 Å². The van der Waals surface area contributed by atoms with Gasteiger partial charge in [0.1, 0.15) is 5.54 Å². The molecule has 20 heavy (non-hydrogen) atoms. The van der Waals surface area contributed by atoms with Crippen molar-refractivity contribution < 1.29 is 14.7 Å². The fourth-order valence-corrected chi connectivity index (χ4v) is 3.19. The number of hydrogen-bond acceptors (Lipinski definition) is 3. The van der Waals surface area contributed by atoms with Gasteiger partial charge in [0.15, 0.2) is 0 Å². The van der Waals surface area contributed by atoms with E-state index in [0.29, 0.717) is 24.5 Å². The van der Waals surface area contributed by atoms with Crippen molar-refractivity contribution in [3.63, 3.8) is 0 Å². The second-order valence-corrected chi connectivity index (χ2v) is 8.49. The molecular weight excluding hydrogens is 274 g/mol. The first-order chi connectivity index (χ1) is 9.18. The van der Waals surface area contributed by atoms with E-state index in [4.69, 9.17) is 0 Å². The molecule has 1 saturated carbocycles. The van der Waals surface area contributed by atoms with E-state index in [0.717, 1.165) is 19.3 Å². The van der Waals surface area contributed by atoms with Crippen molar-refractivity contribution in [2.75, 3.05) is 5.75 Å². The van der Waals surface area contributed by atoms with Gasteiger partial charge in [-0.15, -0.1) is 11.8 Å². The summed E-state index contributed by atoms with van der Waals surface area (Å²) in [6.45, 7) is 8.27. The van der Waals surface area contributed by atoms with Crippen LogP contribution in [0.1, 0.15) is 59.8 Å². The quantitative estimate of drug-likeness (QED) is 0.819. The van der Waals surface area contributed by atoms with Crippen LogP contribution >= 0.6 is 11.8 Å². The molecule has 0 aromatic rings. The average Bonchev–Trinajstić information content (AvgIpc) is 2.36. The van der Waals surface area contributed by atoms with Gasteiger partial charge in [-0.2, -0.15) is 0 Å². The Morgan fingerprint density at radius 1 is 1.30 bits per heavy atom. The highest BCUT2D eigenvalue weighted by molar-refractivity contribution is 8.01. The molecule has 1 rings (SSSR count). The first-order valence-electron chi connectivity index (χ1n) is 7.37. The number of aliphatic carboxylic acids is 1. The minimum absolute atomic E-state index is 0.00754. The Hall–Kier alpha value is -0.710. The molecule has 0 radical (unpaired) electrons. The van der Waals surface area contributed by atoms with Crippen molar-refractivity contribution in [3.05, 3.63) is 0 Å². The Bertz CT molecular complexity index is 355. The topological polar surface area (TPSA) is 66.4 Å². The summed E-state index contributed by atoms with van der Waals surface area (Å²) in [5, 5.41) is 12.3. The monoisotopic (exact) mass is 301 g/mol. The molecule has 0 aromatic carbocycles. The number of amides is 1. The van der Waals surface area contributed by atoms with Gasteiger partial charge in [0.25, 0.3) is 0 Å². The van der Waals surface area contributed by atoms with Crippen LogP contribution in [0, 0.1) is 5.92 Å². The lowest BCUT2D eigenvalue weighted by atomic mass is 9.75. The zero-order chi connectivity index (χ0) is 15.4. The smallest absolute Gasteiger partial charge is 0.329 e. The molecule has 2 N–H and O–H groups in total. The van der Waals surface area contributed by atoms with E-state index in [2.05, 4.69) is 12.2 Å². The molecular formula is C15H27NO3S. The van der Waals surface area contributed by atoms with E-state index in [1.165, 1.54) is 0 Å². The van der Waals surface area contributed by atoms with Gasteiger partial charge in [-0.05, 0) is 31.6 Å². The lowest BCUT2D eigenvalue weighted by Gasteiger charge is -2.37. The summed E-state index contributed by atoms with van der Waals surface area (Å²) in [4.78, 5) is 23.6. The molecule has 116 valence electrons. The Kier molecular flexibility index (Phi) is 5.92. The molecule has 5 heteroatoms. The molecule has 1 fully saturated rings. The normalized spacial score (nSPS) is 27.1. The molecule has 0 aromatic heterocycles. The molecule has 0 bridgehead atoms.